The van der Waals surface area contributed by atoms with Crippen molar-refractivity contribution in [3.8, 4) is 0 Å². The van der Waals surface area contributed by atoms with E-state index in [1.54, 1.807) is 31.2 Å². The molecule has 1 heterocycles. The Kier molecular flexibility index (Phi) is 5.76. The highest BCUT2D eigenvalue weighted by Gasteiger charge is 2.11. The van der Waals surface area contributed by atoms with Gasteiger partial charge in [0.1, 0.15) is 11.5 Å². The van der Waals surface area contributed by atoms with E-state index < -0.39 is 0 Å². The molecular formula is C21H21FN4O. The summed E-state index contributed by atoms with van der Waals surface area (Å²) in [7, 11) is 0. The molecule has 2 aromatic carbocycles. The number of hydrogen-bond acceptors (Lipinski definition) is 4. The topological polar surface area (TPSA) is 66.9 Å². The lowest BCUT2D eigenvalue weighted by Gasteiger charge is -2.10. The van der Waals surface area contributed by atoms with Crippen molar-refractivity contribution >= 4 is 11.9 Å². The first-order valence-electron chi connectivity index (χ1n) is 8.68. The lowest BCUT2D eigenvalue weighted by atomic mass is 10.1. The minimum absolute atomic E-state index is 0.237. The van der Waals surface area contributed by atoms with Gasteiger partial charge in [0.15, 0.2) is 0 Å². The molecular weight excluding hydrogens is 343 g/mol. The molecule has 0 saturated heterocycles. The van der Waals surface area contributed by atoms with Gasteiger partial charge in [0, 0.05) is 24.3 Å². The number of aryl methyl sites for hydroxylation is 2. The summed E-state index contributed by atoms with van der Waals surface area (Å²) in [6.45, 7) is 4.45. The normalized spacial score (nSPS) is 10.5. The molecule has 27 heavy (non-hydrogen) atoms. The molecule has 2 N–H and O–H groups in total. The first kappa shape index (κ1) is 18.5. The fourth-order valence-corrected chi connectivity index (χ4v) is 2.67. The predicted octanol–water partition coefficient (Wildman–Crippen LogP) is 3.77. The van der Waals surface area contributed by atoms with E-state index in [1.165, 1.54) is 6.07 Å². The molecule has 0 unspecified atom stereocenters. The van der Waals surface area contributed by atoms with Gasteiger partial charge in [0.25, 0.3) is 5.91 Å². The molecule has 0 fully saturated rings. The maximum atomic E-state index is 13.7. The molecule has 3 rings (SSSR count). The molecule has 6 heteroatoms. The lowest BCUT2D eigenvalue weighted by Crippen LogP contribution is -2.24. The van der Waals surface area contributed by atoms with Crippen molar-refractivity contribution in [1.29, 1.82) is 0 Å². The molecule has 0 radical (unpaired) electrons. The second-order valence-electron chi connectivity index (χ2n) is 6.33. The van der Waals surface area contributed by atoms with Crippen LogP contribution >= 0.6 is 0 Å². The van der Waals surface area contributed by atoms with E-state index in [1.807, 2.05) is 31.2 Å². The first-order valence-corrected chi connectivity index (χ1v) is 8.68. The summed E-state index contributed by atoms with van der Waals surface area (Å²) in [5, 5.41) is 5.84. The molecule has 0 bridgehead atoms. The standard InChI is InChI=1S/C21H21FN4O/c1-14-6-5-7-16(10-14)12-23-20(27)19-11-15(2)25-21(26-19)24-13-17-8-3-4-9-18(17)22/h3-11H,12-13H2,1-2H3,(H,23,27)(H,24,25,26). The lowest BCUT2D eigenvalue weighted by molar-refractivity contribution is 0.0945. The van der Waals surface area contributed by atoms with Gasteiger partial charge >= 0.3 is 0 Å². The molecule has 0 saturated carbocycles. The summed E-state index contributed by atoms with van der Waals surface area (Å²) in [5.74, 6) is -0.288. The zero-order chi connectivity index (χ0) is 19.2. The Balaban J connectivity index is 1.67. The minimum Gasteiger partial charge on any atom is -0.350 e. The van der Waals surface area contributed by atoms with Gasteiger partial charge in [-0.3, -0.25) is 4.79 Å². The first-order chi connectivity index (χ1) is 13.0. The largest absolute Gasteiger partial charge is 0.350 e. The Morgan fingerprint density at radius 3 is 2.59 bits per heavy atom. The average Bonchev–Trinajstić information content (AvgIpc) is 2.65. The van der Waals surface area contributed by atoms with Gasteiger partial charge in [-0.1, -0.05) is 48.0 Å². The van der Waals surface area contributed by atoms with Crippen LogP contribution in [0.25, 0.3) is 0 Å². The second-order valence-corrected chi connectivity index (χ2v) is 6.33. The van der Waals surface area contributed by atoms with Crippen LogP contribution in [-0.4, -0.2) is 15.9 Å². The van der Waals surface area contributed by atoms with E-state index in [9.17, 15) is 9.18 Å². The summed E-state index contributed by atoms with van der Waals surface area (Å²) < 4.78 is 13.7. The molecule has 5 nitrogen and oxygen atoms in total. The average molecular weight is 364 g/mol. The number of benzene rings is 2. The SMILES string of the molecule is Cc1cccc(CNC(=O)c2cc(C)nc(NCc3ccccc3F)n2)c1. The smallest absolute Gasteiger partial charge is 0.270 e. The van der Waals surface area contributed by atoms with Gasteiger partial charge in [0.05, 0.1) is 0 Å². The van der Waals surface area contributed by atoms with Crippen LogP contribution in [0.1, 0.15) is 32.9 Å². The number of aromatic nitrogens is 2. The number of carbonyl (C=O) groups is 1. The maximum absolute atomic E-state index is 13.7. The molecule has 0 aliphatic rings. The number of carbonyl (C=O) groups excluding carboxylic acids is 1. The summed E-state index contributed by atoms with van der Waals surface area (Å²) in [4.78, 5) is 21.0. The number of rotatable bonds is 6. The van der Waals surface area contributed by atoms with Crippen LogP contribution in [-0.2, 0) is 13.1 Å². The number of nitrogens with one attached hydrogen (secondary N) is 2. The van der Waals surface area contributed by atoms with Crippen LogP contribution in [0, 0.1) is 19.7 Å². The fraction of sp³-hybridized carbons (Fsp3) is 0.190. The molecule has 0 spiro atoms. The maximum Gasteiger partial charge on any atom is 0.270 e. The van der Waals surface area contributed by atoms with Gasteiger partial charge in [0.2, 0.25) is 5.95 Å². The van der Waals surface area contributed by atoms with E-state index in [0.717, 1.165) is 11.1 Å². The highest BCUT2D eigenvalue weighted by Crippen LogP contribution is 2.11. The molecule has 0 atom stereocenters. The highest BCUT2D eigenvalue weighted by molar-refractivity contribution is 5.92. The summed E-state index contributed by atoms with van der Waals surface area (Å²) in [6, 6.07) is 16.1. The minimum atomic E-state index is -0.297. The molecule has 138 valence electrons. The van der Waals surface area contributed by atoms with Crippen LogP contribution in [0.5, 0.6) is 0 Å². The Morgan fingerprint density at radius 1 is 1.00 bits per heavy atom. The Morgan fingerprint density at radius 2 is 1.81 bits per heavy atom. The van der Waals surface area contributed by atoms with Crippen LogP contribution in [0.3, 0.4) is 0 Å². The third-order valence-corrected chi connectivity index (χ3v) is 4.02. The number of amides is 1. The van der Waals surface area contributed by atoms with Gasteiger partial charge < -0.3 is 10.6 Å². The van der Waals surface area contributed by atoms with Crippen molar-refractivity contribution in [3.05, 3.63) is 88.5 Å². The molecule has 1 aromatic heterocycles. The highest BCUT2D eigenvalue weighted by atomic mass is 19.1. The Labute approximate surface area is 157 Å². The van der Waals surface area contributed by atoms with E-state index in [0.29, 0.717) is 23.8 Å². The van der Waals surface area contributed by atoms with Crippen LogP contribution in [0.2, 0.25) is 0 Å². The number of anilines is 1. The van der Waals surface area contributed by atoms with E-state index in [-0.39, 0.29) is 24.0 Å². The van der Waals surface area contributed by atoms with Crippen LogP contribution < -0.4 is 10.6 Å². The quantitative estimate of drug-likeness (QED) is 0.699. The zero-order valence-electron chi connectivity index (χ0n) is 15.3. The molecule has 0 aliphatic heterocycles. The molecule has 1 amide bonds. The van der Waals surface area contributed by atoms with Crippen LogP contribution in [0.15, 0.2) is 54.6 Å². The van der Waals surface area contributed by atoms with Gasteiger partial charge in [-0.2, -0.15) is 0 Å². The third kappa shape index (κ3) is 5.10. The third-order valence-electron chi connectivity index (χ3n) is 4.02. The van der Waals surface area contributed by atoms with Gasteiger partial charge in [-0.25, -0.2) is 14.4 Å². The fourth-order valence-electron chi connectivity index (χ4n) is 2.67. The van der Waals surface area contributed by atoms with Crippen molar-refractivity contribution in [1.82, 2.24) is 15.3 Å². The predicted molar refractivity (Wildman–Crippen MR) is 103 cm³/mol. The number of halogens is 1. The number of nitrogens with zero attached hydrogens (tertiary/aromatic N) is 2. The van der Waals surface area contributed by atoms with Crippen molar-refractivity contribution in [2.75, 3.05) is 5.32 Å². The van der Waals surface area contributed by atoms with E-state index >= 15 is 0 Å². The monoisotopic (exact) mass is 364 g/mol. The summed E-state index contributed by atoms with van der Waals surface area (Å²) in [6.07, 6.45) is 0. The summed E-state index contributed by atoms with van der Waals surface area (Å²) in [5.41, 5.74) is 3.59. The Bertz CT molecular complexity index is 958. The van der Waals surface area contributed by atoms with Crippen molar-refractivity contribution in [2.24, 2.45) is 0 Å². The van der Waals surface area contributed by atoms with Crippen molar-refractivity contribution < 1.29 is 9.18 Å². The van der Waals surface area contributed by atoms with Gasteiger partial charge in [-0.15, -0.1) is 0 Å². The second kappa shape index (κ2) is 8.40. The van der Waals surface area contributed by atoms with Crippen LogP contribution in [0.4, 0.5) is 10.3 Å². The Hall–Kier alpha value is -3.28. The number of hydrogen-bond donors (Lipinski definition) is 2. The zero-order valence-corrected chi connectivity index (χ0v) is 15.3. The summed E-state index contributed by atoms with van der Waals surface area (Å²) >= 11 is 0. The molecule has 0 aliphatic carbocycles. The van der Waals surface area contributed by atoms with E-state index in [4.69, 9.17) is 0 Å². The van der Waals surface area contributed by atoms with Crippen molar-refractivity contribution in [3.63, 3.8) is 0 Å². The molecule has 3 aromatic rings. The van der Waals surface area contributed by atoms with E-state index in [2.05, 4.69) is 20.6 Å². The van der Waals surface area contributed by atoms with Crippen molar-refractivity contribution in [2.45, 2.75) is 26.9 Å². The van der Waals surface area contributed by atoms with Gasteiger partial charge in [-0.05, 0) is 31.5 Å².